The summed E-state index contributed by atoms with van der Waals surface area (Å²) < 4.78 is 14.4. The number of rotatable bonds is 10. The first-order valence-electron chi connectivity index (χ1n) is 10.8. The van der Waals surface area contributed by atoms with Crippen molar-refractivity contribution in [2.45, 2.75) is 82.3 Å². The molecule has 7 nitrogen and oxygen atoms in total. The molecule has 2 N–H and O–H groups in total. The molecule has 30 heavy (non-hydrogen) atoms. The molecule has 2 rings (SSSR count). The second-order valence-corrected chi connectivity index (χ2v) is 10.8. The van der Waals surface area contributed by atoms with E-state index in [2.05, 4.69) is 44.2 Å². The Bertz CT molecular complexity index is 682. The van der Waals surface area contributed by atoms with Crippen molar-refractivity contribution in [1.82, 2.24) is 25.4 Å². The minimum absolute atomic E-state index is 0. The smallest absolute Gasteiger partial charge is 0.191 e. The lowest BCUT2D eigenvalue weighted by atomic mass is 9.95. The quantitative estimate of drug-likeness (QED) is 0.148. The number of hydrogen-bond donors (Lipinski definition) is 2. The van der Waals surface area contributed by atoms with Crippen molar-refractivity contribution in [3.63, 3.8) is 0 Å². The van der Waals surface area contributed by atoms with E-state index in [0.29, 0.717) is 17.2 Å². The number of nitrogens with one attached hydrogen (secondary N) is 2. The molecule has 0 amide bonds. The van der Waals surface area contributed by atoms with Gasteiger partial charge in [-0.05, 0) is 37.9 Å². The Hall–Kier alpha value is -0.360. The van der Waals surface area contributed by atoms with Gasteiger partial charge >= 0.3 is 0 Å². The van der Waals surface area contributed by atoms with Gasteiger partial charge in [-0.3, -0.25) is 9.20 Å². The van der Waals surface area contributed by atoms with Crippen LogP contribution in [0.5, 0.6) is 0 Å². The van der Waals surface area contributed by atoms with Crippen LogP contribution in [0.4, 0.5) is 0 Å². The molecule has 0 spiro atoms. The van der Waals surface area contributed by atoms with Gasteiger partial charge in [0.1, 0.15) is 5.82 Å². The van der Waals surface area contributed by atoms with Crippen LogP contribution in [0.15, 0.2) is 10.1 Å². The van der Waals surface area contributed by atoms with E-state index >= 15 is 0 Å². The van der Waals surface area contributed by atoms with E-state index in [4.69, 9.17) is 0 Å². The minimum Gasteiger partial charge on any atom is -0.356 e. The Morgan fingerprint density at radius 2 is 2.13 bits per heavy atom. The van der Waals surface area contributed by atoms with Crippen LogP contribution in [0.1, 0.15) is 58.7 Å². The van der Waals surface area contributed by atoms with Crippen molar-refractivity contribution in [2.24, 2.45) is 10.9 Å². The standard InChI is InChI=1S/C20H38N6OS2.HI/c1-6-29(27)17-10-7-9-16(13-17)23-19(21-4)22-12-8-11-18-24-25-20(28-5)26(18)14-15(2)3;/h15-17H,6-14H2,1-5H3,(H2,21,22,23);1H. The highest BCUT2D eigenvalue weighted by Crippen LogP contribution is 2.23. The van der Waals surface area contributed by atoms with Crippen LogP contribution >= 0.6 is 35.7 Å². The largest absolute Gasteiger partial charge is 0.356 e. The van der Waals surface area contributed by atoms with Crippen molar-refractivity contribution in [3.05, 3.63) is 5.82 Å². The molecule has 0 saturated heterocycles. The zero-order valence-electron chi connectivity index (χ0n) is 19.0. The van der Waals surface area contributed by atoms with Gasteiger partial charge in [-0.25, -0.2) is 0 Å². The third-order valence-corrected chi connectivity index (χ3v) is 7.65. The highest BCUT2D eigenvalue weighted by atomic mass is 127. The molecule has 1 fully saturated rings. The fourth-order valence-electron chi connectivity index (χ4n) is 3.80. The zero-order chi connectivity index (χ0) is 21.2. The SMILES string of the molecule is CCS(=O)C1CCCC(NC(=NC)NCCCc2nnc(SC)n2CC(C)C)C1.I. The Balaban J connectivity index is 0.00000450. The van der Waals surface area contributed by atoms with Crippen LogP contribution in [-0.2, 0) is 23.8 Å². The Labute approximate surface area is 205 Å². The van der Waals surface area contributed by atoms with Gasteiger partial charge in [0.2, 0.25) is 0 Å². The summed E-state index contributed by atoms with van der Waals surface area (Å²) in [6, 6.07) is 0.355. The number of aromatic nitrogens is 3. The lowest BCUT2D eigenvalue weighted by Crippen LogP contribution is -2.46. The highest BCUT2D eigenvalue weighted by Gasteiger charge is 2.26. The Kier molecular flexibility index (Phi) is 13.5. The molecule has 1 aliphatic carbocycles. The summed E-state index contributed by atoms with van der Waals surface area (Å²) in [6.45, 7) is 8.24. The van der Waals surface area contributed by atoms with Gasteiger partial charge in [0.05, 0.1) is 0 Å². The fraction of sp³-hybridized carbons (Fsp3) is 0.850. The predicted molar refractivity (Wildman–Crippen MR) is 140 cm³/mol. The van der Waals surface area contributed by atoms with E-state index in [1.165, 1.54) is 0 Å². The molecule has 3 atom stereocenters. The zero-order valence-corrected chi connectivity index (χ0v) is 23.0. The van der Waals surface area contributed by atoms with Crippen LogP contribution in [0.25, 0.3) is 0 Å². The molecule has 0 bridgehead atoms. The van der Waals surface area contributed by atoms with E-state index in [1.807, 2.05) is 20.2 Å². The monoisotopic (exact) mass is 570 g/mol. The predicted octanol–water partition coefficient (Wildman–Crippen LogP) is 3.45. The van der Waals surface area contributed by atoms with Crippen molar-refractivity contribution in [1.29, 1.82) is 0 Å². The lowest BCUT2D eigenvalue weighted by molar-refractivity contribution is 0.413. The van der Waals surface area contributed by atoms with Gasteiger partial charge in [-0.2, -0.15) is 0 Å². The van der Waals surface area contributed by atoms with Crippen molar-refractivity contribution in [2.75, 3.05) is 25.6 Å². The van der Waals surface area contributed by atoms with Gasteiger partial charge in [0, 0.05) is 54.4 Å². The molecule has 1 heterocycles. The van der Waals surface area contributed by atoms with E-state index in [-0.39, 0.29) is 24.0 Å². The molecular formula is C20H39IN6OS2. The van der Waals surface area contributed by atoms with E-state index in [9.17, 15) is 4.21 Å². The summed E-state index contributed by atoms with van der Waals surface area (Å²) in [5.74, 6) is 3.22. The highest BCUT2D eigenvalue weighted by molar-refractivity contribution is 14.0. The molecule has 0 radical (unpaired) electrons. The molecule has 174 valence electrons. The minimum atomic E-state index is -0.702. The van der Waals surface area contributed by atoms with Crippen LogP contribution in [0.2, 0.25) is 0 Å². The summed E-state index contributed by atoms with van der Waals surface area (Å²) in [7, 11) is 1.11. The number of nitrogens with zero attached hydrogens (tertiary/aromatic N) is 4. The van der Waals surface area contributed by atoms with E-state index in [1.54, 1.807) is 11.8 Å². The maximum absolute atomic E-state index is 12.2. The molecule has 1 saturated carbocycles. The fourth-order valence-corrected chi connectivity index (χ4v) is 5.67. The van der Waals surface area contributed by atoms with Crippen LogP contribution in [-0.4, -0.2) is 61.8 Å². The van der Waals surface area contributed by atoms with Crippen molar-refractivity contribution in [3.8, 4) is 0 Å². The normalized spacial score (nSPS) is 20.7. The third-order valence-electron chi connectivity index (χ3n) is 5.24. The van der Waals surface area contributed by atoms with Gasteiger partial charge in [-0.15, -0.1) is 34.2 Å². The molecule has 0 aromatic carbocycles. The number of thioether (sulfide) groups is 1. The molecule has 1 aromatic heterocycles. The van der Waals surface area contributed by atoms with Crippen molar-refractivity contribution >= 4 is 52.5 Å². The summed E-state index contributed by atoms with van der Waals surface area (Å²) in [5.41, 5.74) is 0. The maximum Gasteiger partial charge on any atom is 0.191 e. The number of aryl methyl sites for hydroxylation is 1. The van der Waals surface area contributed by atoms with Gasteiger partial charge in [0.15, 0.2) is 11.1 Å². The van der Waals surface area contributed by atoms with Gasteiger partial charge in [-0.1, -0.05) is 39.0 Å². The molecule has 3 unspecified atom stereocenters. The van der Waals surface area contributed by atoms with Crippen LogP contribution < -0.4 is 10.6 Å². The van der Waals surface area contributed by atoms with Crippen LogP contribution in [0.3, 0.4) is 0 Å². The first-order chi connectivity index (χ1) is 14.0. The summed E-state index contributed by atoms with van der Waals surface area (Å²) in [4.78, 5) is 4.37. The summed E-state index contributed by atoms with van der Waals surface area (Å²) in [5, 5.41) is 17.0. The van der Waals surface area contributed by atoms with Crippen molar-refractivity contribution < 1.29 is 4.21 Å². The Morgan fingerprint density at radius 1 is 1.37 bits per heavy atom. The maximum atomic E-state index is 12.2. The second-order valence-electron chi connectivity index (χ2n) is 8.01. The number of guanidine groups is 1. The van der Waals surface area contributed by atoms with Gasteiger partial charge < -0.3 is 15.2 Å². The molecule has 1 aromatic rings. The molecule has 10 heteroatoms. The average molecular weight is 571 g/mol. The topological polar surface area (TPSA) is 84.2 Å². The van der Waals surface area contributed by atoms with Gasteiger partial charge in [0.25, 0.3) is 0 Å². The third kappa shape index (κ3) is 8.64. The van der Waals surface area contributed by atoms with Crippen LogP contribution in [0, 0.1) is 5.92 Å². The molecular weight excluding hydrogens is 531 g/mol. The second kappa shape index (κ2) is 14.7. The summed E-state index contributed by atoms with van der Waals surface area (Å²) >= 11 is 1.65. The van der Waals surface area contributed by atoms with E-state index < -0.39 is 10.8 Å². The van der Waals surface area contributed by atoms with E-state index in [0.717, 1.165) is 74.3 Å². The molecule has 1 aliphatic rings. The molecule has 0 aliphatic heterocycles. The average Bonchev–Trinajstić information content (AvgIpc) is 3.10. The Morgan fingerprint density at radius 3 is 2.77 bits per heavy atom. The lowest BCUT2D eigenvalue weighted by Gasteiger charge is -2.30. The number of hydrogen-bond acceptors (Lipinski definition) is 5. The number of halogens is 1. The summed E-state index contributed by atoms with van der Waals surface area (Å²) in [6.07, 6.45) is 8.22. The first kappa shape index (κ1) is 27.7. The number of aliphatic imine (C=N–C) groups is 1. The first-order valence-corrected chi connectivity index (χ1v) is 13.4.